The molecule has 1 aromatic carbocycles. The average Bonchev–Trinajstić information content (AvgIpc) is 2.92. The zero-order valence-corrected chi connectivity index (χ0v) is 20.3. The van der Waals surface area contributed by atoms with Crippen LogP contribution in [0.5, 0.6) is 5.75 Å². The average molecular weight is 488 g/mol. The lowest BCUT2D eigenvalue weighted by Crippen LogP contribution is -2.38. The zero-order chi connectivity index (χ0) is 25.1. The summed E-state index contributed by atoms with van der Waals surface area (Å²) in [6.07, 6.45) is 3.12. The molecule has 2 aliphatic rings. The second kappa shape index (κ2) is 10.4. The fraction of sp³-hybridized carbons (Fsp3) is 0.407. The van der Waals surface area contributed by atoms with Crippen molar-refractivity contribution in [3.8, 4) is 11.8 Å². The monoisotopic (exact) mass is 487 g/mol. The van der Waals surface area contributed by atoms with E-state index >= 15 is 0 Å². The Hall–Kier alpha value is -3.90. The number of hydrogen-bond acceptors (Lipinski definition) is 8. The highest BCUT2D eigenvalue weighted by Gasteiger charge is 2.28. The first-order valence-electron chi connectivity index (χ1n) is 12.3. The molecule has 0 atom stereocenters. The molecule has 0 saturated carbocycles. The van der Waals surface area contributed by atoms with Crippen LogP contribution in [0, 0.1) is 17.2 Å². The number of aryl methyl sites for hydroxylation is 1. The van der Waals surface area contributed by atoms with E-state index in [1.807, 2.05) is 12.1 Å². The van der Waals surface area contributed by atoms with Gasteiger partial charge in [0.15, 0.2) is 0 Å². The second-order valence-electron chi connectivity index (χ2n) is 9.27. The fourth-order valence-corrected chi connectivity index (χ4v) is 4.96. The maximum absolute atomic E-state index is 12.7. The van der Waals surface area contributed by atoms with Crippen LogP contribution in [0.4, 0.5) is 5.69 Å². The van der Waals surface area contributed by atoms with Crippen LogP contribution in [0.15, 0.2) is 52.4 Å². The predicted octanol–water partition coefficient (Wildman–Crippen LogP) is 3.33. The number of para-hydroxylation sites is 1. The molecule has 3 aromatic rings. The van der Waals surface area contributed by atoms with Gasteiger partial charge in [-0.1, -0.05) is 17.3 Å². The number of oxime groups is 1. The number of anilines is 1. The van der Waals surface area contributed by atoms with Gasteiger partial charge in [0.05, 0.1) is 30.1 Å². The number of phenols is 1. The summed E-state index contributed by atoms with van der Waals surface area (Å²) in [7, 11) is 1.71. The summed E-state index contributed by atoms with van der Waals surface area (Å²) >= 11 is 0. The lowest BCUT2D eigenvalue weighted by molar-refractivity contribution is -0.0304. The van der Waals surface area contributed by atoms with Gasteiger partial charge in [-0.2, -0.15) is 5.26 Å². The van der Waals surface area contributed by atoms with E-state index in [-0.39, 0.29) is 23.3 Å². The van der Waals surface area contributed by atoms with Gasteiger partial charge in [0.2, 0.25) is 0 Å². The van der Waals surface area contributed by atoms with E-state index in [1.54, 1.807) is 41.9 Å². The number of aromatic nitrogens is 2. The topological polar surface area (TPSA) is 113 Å². The number of fused-ring (bicyclic) bond motifs is 1. The van der Waals surface area contributed by atoms with Gasteiger partial charge in [-0.15, -0.1) is 0 Å². The number of piperidine rings is 1. The molecule has 2 saturated heterocycles. The Labute approximate surface area is 209 Å². The van der Waals surface area contributed by atoms with Crippen LogP contribution < -0.4 is 10.5 Å². The minimum atomic E-state index is -0.118. The molecule has 5 rings (SSSR count). The first-order valence-corrected chi connectivity index (χ1v) is 12.3. The van der Waals surface area contributed by atoms with Crippen LogP contribution in [-0.2, 0) is 16.6 Å². The number of pyridine rings is 2. The van der Waals surface area contributed by atoms with Crippen LogP contribution in [0.2, 0.25) is 0 Å². The van der Waals surface area contributed by atoms with E-state index in [0.717, 1.165) is 37.1 Å². The molecule has 9 nitrogen and oxygen atoms in total. The highest BCUT2D eigenvalue weighted by molar-refractivity contribution is 6.04. The SMILES string of the molecule is Cn1c(=O)cc(N2CCC(/C(=N\OC3CCOCC3)c3ccccc3O)CC2)c2nc(C#N)ccc21. The number of hydrogen-bond donors (Lipinski definition) is 1. The molecule has 0 spiro atoms. The van der Waals surface area contributed by atoms with Gasteiger partial charge >= 0.3 is 0 Å². The van der Waals surface area contributed by atoms with Crippen LogP contribution >= 0.6 is 0 Å². The smallest absolute Gasteiger partial charge is 0.252 e. The van der Waals surface area contributed by atoms with Crippen LogP contribution in [0.1, 0.15) is 36.9 Å². The number of nitriles is 1. The van der Waals surface area contributed by atoms with Crippen molar-refractivity contribution in [3.05, 3.63) is 64.1 Å². The molecule has 1 N–H and O–H groups in total. The molecule has 2 aliphatic heterocycles. The zero-order valence-electron chi connectivity index (χ0n) is 20.3. The molecule has 2 fully saturated rings. The predicted molar refractivity (Wildman–Crippen MR) is 136 cm³/mol. The van der Waals surface area contributed by atoms with Crippen molar-refractivity contribution in [3.63, 3.8) is 0 Å². The van der Waals surface area contributed by atoms with E-state index < -0.39 is 0 Å². The minimum Gasteiger partial charge on any atom is -0.507 e. The molecule has 0 unspecified atom stereocenters. The second-order valence-corrected chi connectivity index (χ2v) is 9.27. The van der Waals surface area contributed by atoms with Crippen molar-refractivity contribution in [2.24, 2.45) is 18.1 Å². The van der Waals surface area contributed by atoms with E-state index in [2.05, 4.69) is 21.1 Å². The summed E-state index contributed by atoms with van der Waals surface area (Å²) in [5.41, 5.74) is 3.71. The number of phenolic OH excluding ortho intramolecular Hbond substituents is 1. The Morgan fingerprint density at radius 2 is 1.92 bits per heavy atom. The van der Waals surface area contributed by atoms with Gasteiger partial charge in [-0.3, -0.25) is 4.79 Å². The lowest BCUT2D eigenvalue weighted by Gasteiger charge is -2.34. The number of nitrogens with zero attached hydrogens (tertiary/aromatic N) is 5. The van der Waals surface area contributed by atoms with Gasteiger partial charge in [-0.05, 0) is 37.1 Å². The fourth-order valence-electron chi connectivity index (χ4n) is 4.96. The third-order valence-corrected chi connectivity index (χ3v) is 7.05. The van der Waals surface area contributed by atoms with Crippen LogP contribution in [-0.4, -0.2) is 52.8 Å². The molecule has 0 bridgehead atoms. The maximum atomic E-state index is 12.7. The third-order valence-electron chi connectivity index (χ3n) is 7.05. The van der Waals surface area contributed by atoms with Gasteiger partial charge in [-0.25, -0.2) is 4.98 Å². The summed E-state index contributed by atoms with van der Waals surface area (Å²) in [6.45, 7) is 2.68. The Balaban J connectivity index is 1.41. The summed E-state index contributed by atoms with van der Waals surface area (Å²) in [5, 5.41) is 24.5. The molecule has 4 heterocycles. The first-order chi connectivity index (χ1) is 17.5. The summed E-state index contributed by atoms with van der Waals surface area (Å²) < 4.78 is 6.97. The molecule has 0 amide bonds. The highest BCUT2D eigenvalue weighted by atomic mass is 16.6. The standard InChI is InChI=1S/C27H29N5O4/c1-31-22-7-6-19(17-28)29-27(22)23(16-25(31)34)32-12-8-18(9-13-32)26(21-4-2-3-5-24(21)33)30-36-20-10-14-35-15-11-20/h2-7,16,18,20,33H,8-15H2,1H3/b30-26+. The maximum Gasteiger partial charge on any atom is 0.252 e. The molecule has 9 heteroatoms. The van der Waals surface area contributed by atoms with Gasteiger partial charge in [0.1, 0.15) is 29.1 Å². The minimum absolute atomic E-state index is 0.00648. The third kappa shape index (κ3) is 4.77. The number of benzene rings is 1. The van der Waals surface area contributed by atoms with E-state index in [0.29, 0.717) is 48.6 Å². The quantitative estimate of drug-likeness (QED) is 0.434. The highest BCUT2D eigenvalue weighted by Crippen LogP contribution is 2.32. The first kappa shape index (κ1) is 23.8. The van der Waals surface area contributed by atoms with Crippen molar-refractivity contribution in [1.82, 2.24) is 9.55 Å². The van der Waals surface area contributed by atoms with Crippen molar-refractivity contribution < 1.29 is 14.7 Å². The summed E-state index contributed by atoms with van der Waals surface area (Å²) in [4.78, 5) is 25.2. The number of aromatic hydroxyl groups is 1. The summed E-state index contributed by atoms with van der Waals surface area (Å²) in [5.74, 6) is 0.259. The van der Waals surface area contributed by atoms with Crippen molar-refractivity contribution >= 4 is 22.4 Å². The van der Waals surface area contributed by atoms with Gasteiger partial charge < -0.3 is 24.1 Å². The van der Waals surface area contributed by atoms with Gasteiger partial charge in [0.25, 0.3) is 5.56 Å². The summed E-state index contributed by atoms with van der Waals surface area (Å²) in [6, 6.07) is 14.3. The molecule has 186 valence electrons. The Bertz CT molecular complexity index is 1380. The van der Waals surface area contributed by atoms with Crippen LogP contribution in [0.3, 0.4) is 0 Å². The van der Waals surface area contributed by atoms with Crippen molar-refractivity contribution in [2.75, 3.05) is 31.2 Å². The van der Waals surface area contributed by atoms with Crippen molar-refractivity contribution in [1.29, 1.82) is 5.26 Å². The normalized spacial score (nSPS) is 17.8. The van der Waals surface area contributed by atoms with Crippen LogP contribution in [0.25, 0.3) is 11.0 Å². The van der Waals surface area contributed by atoms with E-state index in [9.17, 15) is 15.2 Å². The lowest BCUT2D eigenvalue weighted by atomic mass is 9.87. The molecular weight excluding hydrogens is 458 g/mol. The van der Waals surface area contributed by atoms with E-state index in [1.165, 1.54) is 0 Å². The Morgan fingerprint density at radius 3 is 2.64 bits per heavy atom. The number of rotatable bonds is 5. The van der Waals surface area contributed by atoms with Crippen molar-refractivity contribution in [2.45, 2.75) is 31.8 Å². The largest absolute Gasteiger partial charge is 0.507 e. The molecule has 0 radical (unpaired) electrons. The van der Waals surface area contributed by atoms with Gasteiger partial charge in [0, 0.05) is 50.5 Å². The molecule has 0 aliphatic carbocycles. The Morgan fingerprint density at radius 1 is 1.17 bits per heavy atom. The molecular formula is C27H29N5O4. The Kier molecular flexibility index (Phi) is 6.87. The number of ether oxygens (including phenoxy) is 1. The molecule has 2 aromatic heterocycles. The molecule has 36 heavy (non-hydrogen) atoms. The van der Waals surface area contributed by atoms with E-state index in [4.69, 9.17) is 9.57 Å².